The Morgan fingerprint density at radius 1 is 1.15 bits per heavy atom. The van der Waals surface area contributed by atoms with Crippen LogP contribution in [-0.2, 0) is 13.0 Å². The lowest BCUT2D eigenvalue weighted by molar-refractivity contribution is 0.0940. The first-order chi connectivity index (χ1) is 12.6. The molecule has 1 atom stereocenters. The fourth-order valence-corrected chi connectivity index (χ4v) is 3.13. The molecule has 0 spiro atoms. The quantitative estimate of drug-likeness (QED) is 0.854. The van der Waals surface area contributed by atoms with Gasteiger partial charge in [-0.05, 0) is 31.7 Å². The fraction of sp³-hybridized carbons (Fsp3) is 0.450. The Labute approximate surface area is 155 Å². The molecule has 1 aliphatic heterocycles. The number of carbonyl (C=O) groups excluding carboxylic acids is 1. The number of amides is 1. The van der Waals surface area contributed by atoms with Crippen molar-refractivity contribution in [2.75, 3.05) is 33.2 Å². The van der Waals surface area contributed by atoms with Crippen molar-refractivity contribution in [2.24, 2.45) is 0 Å². The van der Waals surface area contributed by atoms with Gasteiger partial charge in [-0.25, -0.2) is 0 Å². The van der Waals surface area contributed by atoms with Gasteiger partial charge in [0.25, 0.3) is 5.91 Å². The van der Waals surface area contributed by atoms with Gasteiger partial charge in [0.1, 0.15) is 0 Å². The molecule has 26 heavy (non-hydrogen) atoms. The highest BCUT2D eigenvalue weighted by Gasteiger charge is 2.15. The van der Waals surface area contributed by atoms with E-state index in [1.807, 2.05) is 19.1 Å². The summed E-state index contributed by atoms with van der Waals surface area (Å²) in [5.74, 6) is -0.0486. The maximum absolute atomic E-state index is 12.4. The Hall–Kier alpha value is -2.31. The minimum atomic E-state index is -0.0486. The number of nitrogens with one attached hydrogen (secondary N) is 1. The molecule has 2 aromatic rings. The summed E-state index contributed by atoms with van der Waals surface area (Å²) in [6.07, 6.45) is 5.72. The average molecular weight is 353 g/mol. The van der Waals surface area contributed by atoms with Gasteiger partial charge < -0.3 is 10.2 Å². The second kappa shape index (κ2) is 8.87. The van der Waals surface area contributed by atoms with Gasteiger partial charge in [0.15, 0.2) is 0 Å². The van der Waals surface area contributed by atoms with E-state index in [-0.39, 0.29) is 11.9 Å². The topological polar surface area (TPSA) is 61.4 Å². The zero-order valence-corrected chi connectivity index (χ0v) is 15.6. The molecule has 1 saturated heterocycles. The molecule has 1 N–H and O–H groups in total. The van der Waals surface area contributed by atoms with E-state index in [0.717, 1.165) is 38.4 Å². The van der Waals surface area contributed by atoms with E-state index in [9.17, 15) is 4.79 Å². The molecule has 1 aromatic heterocycles. The second-order valence-electron chi connectivity index (χ2n) is 7.05. The molecule has 0 radical (unpaired) electrons. The molecular formula is C20H27N5O. The van der Waals surface area contributed by atoms with Crippen molar-refractivity contribution >= 4 is 5.91 Å². The third-order valence-corrected chi connectivity index (χ3v) is 4.73. The molecule has 6 heteroatoms. The summed E-state index contributed by atoms with van der Waals surface area (Å²) >= 11 is 0. The van der Waals surface area contributed by atoms with Crippen LogP contribution < -0.4 is 5.32 Å². The van der Waals surface area contributed by atoms with Gasteiger partial charge in [0.05, 0.1) is 5.69 Å². The number of nitrogens with zero attached hydrogens (tertiary/aromatic N) is 4. The first kappa shape index (κ1) is 18.5. The van der Waals surface area contributed by atoms with Crippen molar-refractivity contribution in [1.29, 1.82) is 0 Å². The maximum atomic E-state index is 12.4. The van der Waals surface area contributed by atoms with Gasteiger partial charge in [-0.15, -0.1) is 0 Å². The number of hydrogen-bond acceptors (Lipinski definition) is 5. The number of hydrogen-bond donors (Lipinski definition) is 1. The zero-order chi connectivity index (χ0) is 18.4. The molecule has 0 saturated carbocycles. The summed E-state index contributed by atoms with van der Waals surface area (Å²) in [4.78, 5) is 25.5. The zero-order valence-electron chi connectivity index (χ0n) is 15.6. The van der Waals surface area contributed by atoms with Gasteiger partial charge >= 0.3 is 0 Å². The molecule has 0 unspecified atom stereocenters. The van der Waals surface area contributed by atoms with Crippen molar-refractivity contribution in [1.82, 2.24) is 25.1 Å². The molecule has 2 heterocycles. The molecule has 1 aromatic carbocycles. The molecule has 3 rings (SSSR count). The van der Waals surface area contributed by atoms with Gasteiger partial charge in [0, 0.05) is 69.3 Å². The Bertz CT molecular complexity index is 696. The monoisotopic (exact) mass is 353 g/mol. The first-order valence-electron chi connectivity index (χ1n) is 9.16. The van der Waals surface area contributed by atoms with Gasteiger partial charge in [-0.3, -0.25) is 19.7 Å². The lowest BCUT2D eigenvalue weighted by atomic mass is 10.1. The lowest BCUT2D eigenvalue weighted by Gasteiger charge is -2.32. The molecule has 138 valence electrons. The summed E-state index contributed by atoms with van der Waals surface area (Å²) in [5, 5.41) is 3.03. The van der Waals surface area contributed by atoms with Gasteiger partial charge in [0.2, 0.25) is 0 Å². The van der Waals surface area contributed by atoms with Crippen LogP contribution in [0, 0.1) is 0 Å². The highest BCUT2D eigenvalue weighted by molar-refractivity contribution is 5.94. The lowest BCUT2D eigenvalue weighted by Crippen LogP contribution is -2.43. The number of benzene rings is 1. The Kier molecular flexibility index (Phi) is 6.30. The number of carbonyl (C=O) groups is 1. The van der Waals surface area contributed by atoms with Crippen LogP contribution in [0.5, 0.6) is 0 Å². The Morgan fingerprint density at radius 3 is 2.54 bits per heavy atom. The Morgan fingerprint density at radius 2 is 1.88 bits per heavy atom. The molecule has 6 nitrogen and oxygen atoms in total. The van der Waals surface area contributed by atoms with Crippen molar-refractivity contribution in [3.63, 3.8) is 0 Å². The SMILES string of the molecule is C[C@@H](Cc1cnccn1)NC(=O)c1ccc(CN2CCN(C)CC2)cc1. The fourth-order valence-electron chi connectivity index (χ4n) is 3.13. The maximum Gasteiger partial charge on any atom is 0.251 e. The third-order valence-electron chi connectivity index (χ3n) is 4.73. The van der Waals surface area contributed by atoms with Crippen molar-refractivity contribution < 1.29 is 4.79 Å². The third kappa shape index (κ3) is 5.34. The van der Waals surface area contributed by atoms with Crippen molar-refractivity contribution in [3.05, 3.63) is 59.7 Å². The number of piperazine rings is 1. The van der Waals surface area contributed by atoms with Crippen LogP contribution in [0.25, 0.3) is 0 Å². The average Bonchev–Trinajstić information content (AvgIpc) is 2.65. The van der Waals surface area contributed by atoms with Crippen molar-refractivity contribution in [2.45, 2.75) is 25.9 Å². The van der Waals surface area contributed by atoms with Gasteiger partial charge in [-0.2, -0.15) is 0 Å². The van der Waals surface area contributed by atoms with Crippen LogP contribution in [-0.4, -0.2) is 64.9 Å². The largest absolute Gasteiger partial charge is 0.349 e. The smallest absolute Gasteiger partial charge is 0.251 e. The molecule has 1 aliphatic rings. The number of aromatic nitrogens is 2. The first-order valence-corrected chi connectivity index (χ1v) is 9.16. The van der Waals surface area contributed by atoms with Crippen LogP contribution in [0.3, 0.4) is 0 Å². The molecule has 0 aliphatic carbocycles. The molecular weight excluding hydrogens is 326 g/mol. The summed E-state index contributed by atoms with van der Waals surface area (Å²) < 4.78 is 0. The number of likely N-dealkylation sites (N-methyl/N-ethyl adjacent to an activating group) is 1. The summed E-state index contributed by atoms with van der Waals surface area (Å²) in [6.45, 7) is 7.35. The minimum absolute atomic E-state index is 0.00390. The van der Waals surface area contributed by atoms with Crippen molar-refractivity contribution in [3.8, 4) is 0 Å². The molecule has 0 bridgehead atoms. The van der Waals surface area contributed by atoms with E-state index in [1.54, 1.807) is 18.6 Å². The van der Waals surface area contributed by atoms with E-state index in [0.29, 0.717) is 12.0 Å². The van der Waals surface area contributed by atoms with Crippen LogP contribution in [0.4, 0.5) is 0 Å². The Balaban J connectivity index is 1.50. The standard InChI is InChI=1S/C20H27N5O/c1-16(13-19-14-21-7-8-22-19)23-20(26)18-5-3-17(4-6-18)15-25-11-9-24(2)10-12-25/h3-8,14,16H,9-13,15H2,1-2H3,(H,23,26)/t16-/m0/s1. The van der Waals surface area contributed by atoms with E-state index in [2.05, 4.69) is 44.3 Å². The highest BCUT2D eigenvalue weighted by atomic mass is 16.1. The summed E-state index contributed by atoms with van der Waals surface area (Å²) in [7, 11) is 2.16. The second-order valence-corrected chi connectivity index (χ2v) is 7.05. The number of rotatable bonds is 6. The normalized spacial score (nSPS) is 17.0. The molecule has 1 amide bonds. The van der Waals surface area contributed by atoms with Crippen LogP contribution in [0.15, 0.2) is 42.9 Å². The van der Waals surface area contributed by atoms with E-state index >= 15 is 0 Å². The summed E-state index contributed by atoms with van der Waals surface area (Å²) in [6, 6.07) is 7.94. The van der Waals surface area contributed by atoms with E-state index in [1.165, 1.54) is 5.56 Å². The van der Waals surface area contributed by atoms with Gasteiger partial charge in [-0.1, -0.05) is 12.1 Å². The van der Waals surface area contributed by atoms with Crippen LogP contribution in [0.1, 0.15) is 28.5 Å². The summed E-state index contributed by atoms with van der Waals surface area (Å²) in [5.41, 5.74) is 2.82. The molecule has 1 fully saturated rings. The van der Waals surface area contributed by atoms with E-state index < -0.39 is 0 Å². The predicted octanol–water partition coefficient (Wildman–Crippen LogP) is 1.58. The van der Waals surface area contributed by atoms with E-state index in [4.69, 9.17) is 0 Å². The highest BCUT2D eigenvalue weighted by Crippen LogP contribution is 2.10. The predicted molar refractivity (Wildman–Crippen MR) is 102 cm³/mol. The minimum Gasteiger partial charge on any atom is -0.349 e. The van der Waals surface area contributed by atoms with Crippen LogP contribution in [0.2, 0.25) is 0 Å². The van der Waals surface area contributed by atoms with Crippen LogP contribution >= 0.6 is 0 Å².